The van der Waals surface area contributed by atoms with Gasteiger partial charge in [-0.3, -0.25) is 4.79 Å². The SMILES string of the molecule is CN(C)c1ccc(NC(=O)C2CCC(N)CC2)cc1Cl. The number of rotatable bonds is 3. The van der Waals surface area contributed by atoms with Gasteiger partial charge in [0, 0.05) is 31.7 Å². The molecule has 1 aromatic carbocycles. The van der Waals surface area contributed by atoms with Crippen molar-refractivity contribution in [2.24, 2.45) is 11.7 Å². The monoisotopic (exact) mass is 295 g/mol. The fourth-order valence-corrected chi connectivity index (χ4v) is 2.92. The van der Waals surface area contributed by atoms with E-state index in [1.54, 1.807) is 6.07 Å². The molecule has 4 nitrogen and oxygen atoms in total. The summed E-state index contributed by atoms with van der Waals surface area (Å²) in [7, 11) is 3.87. The number of nitrogens with one attached hydrogen (secondary N) is 1. The average molecular weight is 296 g/mol. The number of carbonyl (C=O) groups is 1. The Balaban J connectivity index is 1.99. The predicted molar refractivity (Wildman–Crippen MR) is 84.3 cm³/mol. The summed E-state index contributed by atoms with van der Waals surface area (Å²) in [5.74, 6) is 0.146. The molecule has 1 aromatic rings. The Morgan fingerprint density at radius 1 is 1.30 bits per heavy atom. The van der Waals surface area contributed by atoms with E-state index >= 15 is 0 Å². The molecule has 1 aliphatic rings. The summed E-state index contributed by atoms with van der Waals surface area (Å²) < 4.78 is 0. The third kappa shape index (κ3) is 3.64. The first-order valence-electron chi connectivity index (χ1n) is 7.00. The van der Waals surface area contributed by atoms with Crippen molar-refractivity contribution >= 4 is 28.9 Å². The van der Waals surface area contributed by atoms with Gasteiger partial charge in [0.15, 0.2) is 0 Å². The number of carbonyl (C=O) groups excluding carboxylic acids is 1. The number of anilines is 2. The van der Waals surface area contributed by atoms with Crippen molar-refractivity contribution in [1.82, 2.24) is 0 Å². The molecule has 0 atom stereocenters. The largest absolute Gasteiger partial charge is 0.376 e. The standard InChI is InChI=1S/C15H22ClN3O/c1-19(2)14-8-7-12(9-13(14)16)18-15(20)10-3-5-11(17)6-4-10/h7-11H,3-6,17H2,1-2H3,(H,18,20). The molecule has 0 aromatic heterocycles. The van der Waals surface area contributed by atoms with E-state index in [9.17, 15) is 4.79 Å². The normalized spacial score (nSPS) is 22.4. The van der Waals surface area contributed by atoms with Crippen molar-refractivity contribution in [3.63, 3.8) is 0 Å². The maximum atomic E-state index is 12.2. The summed E-state index contributed by atoms with van der Waals surface area (Å²) >= 11 is 6.20. The minimum atomic E-state index is 0.0714. The summed E-state index contributed by atoms with van der Waals surface area (Å²) in [4.78, 5) is 14.1. The second-order valence-electron chi connectivity index (χ2n) is 5.66. The summed E-state index contributed by atoms with van der Waals surface area (Å²) in [5.41, 5.74) is 7.55. The van der Waals surface area contributed by atoms with Crippen molar-refractivity contribution in [1.29, 1.82) is 0 Å². The van der Waals surface area contributed by atoms with Gasteiger partial charge in [0.05, 0.1) is 10.7 Å². The van der Waals surface area contributed by atoms with E-state index in [2.05, 4.69) is 5.32 Å². The lowest BCUT2D eigenvalue weighted by atomic mass is 9.86. The van der Waals surface area contributed by atoms with Crippen LogP contribution < -0.4 is 16.0 Å². The minimum absolute atomic E-state index is 0.0714. The molecule has 0 aliphatic heterocycles. The van der Waals surface area contributed by atoms with Gasteiger partial charge < -0.3 is 16.0 Å². The molecule has 0 spiro atoms. The third-order valence-corrected chi connectivity index (χ3v) is 4.14. The van der Waals surface area contributed by atoms with Crippen LogP contribution in [-0.2, 0) is 4.79 Å². The molecule has 1 amide bonds. The van der Waals surface area contributed by atoms with E-state index in [0.29, 0.717) is 5.02 Å². The van der Waals surface area contributed by atoms with Crippen LogP contribution in [0.1, 0.15) is 25.7 Å². The zero-order chi connectivity index (χ0) is 14.7. The van der Waals surface area contributed by atoms with Crippen LogP contribution in [0.25, 0.3) is 0 Å². The summed E-state index contributed by atoms with van der Waals surface area (Å²) in [6, 6.07) is 5.85. The smallest absolute Gasteiger partial charge is 0.227 e. The van der Waals surface area contributed by atoms with Crippen molar-refractivity contribution in [3.8, 4) is 0 Å². The molecule has 2 rings (SSSR count). The quantitative estimate of drug-likeness (QED) is 0.901. The number of amides is 1. The molecule has 1 fully saturated rings. The Hall–Kier alpha value is -1.26. The van der Waals surface area contributed by atoms with Crippen LogP contribution >= 0.6 is 11.6 Å². The van der Waals surface area contributed by atoms with Crippen LogP contribution in [0.5, 0.6) is 0 Å². The summed E-state index contributed by atoms with van der Waals surface area (Å²) in [6.07, 6.45) is 3.60. The molecule has 1 aliphatic carbocycles. The van der Waals surface area contributed by atoms with Gasteiger partial charge >= 0.3 is 0 Å². The lowest BCUT2D eigenvalue weighted by Gasteiger charge is -2.25. The Bertz CT molecular complexity index is 482. The molecule has 5 heteroatoms. The van der Waals surface area contributed by atoms with Gasteiger partial charge in [0.25, 0.3) is 0 Å². The molecular formula is C15H22ClN3O. The highest BCUT2D eigenvalue weighted by atomic mass is 35.5. The Morgan fingerprint density at radius 3 is 2.50 bits per heavy atom. The molecule has 0 bridgehead atoms. The highest BCUT2D eigenvalue weighted by Crippen LogP contribution is 2.29. The van der Waals surface area contributed by atoms with E-state index in [0.717, 1.165) is 37.1 Å². The number of hydrogen-bond donors (Lipinski definition) is 2. The fraction of sp³-hybridized carbons (Fsp3) is 0.533. The van der Waals surface area contributed by atoms with Crippen molar-refractivity contribution in [3.05, 3.63) is 23.2 Å². The van der Waals surface area contributed by atoms with Crippen LogP contribution in [0.3, 0.4) is 0 Å². The highest BCUT2D eigenvalue weighted by Gasteiger charge is 2.24. The first-order chi connectivity index (χ1) is 9.47. The van der Waals surface area contributed by atoms with E-state index < -0.39 is 0 Å². The minimum Gasteiger partial charge on any atom is -0.376 e. The predicted octanol–water partition coefficient (Wildman–Crippen LogP) is 2.86. The average Bonchev–Trinajstić information content (AvgIpc) is 2.39. The van der Waals surface area contributed by atoms with Gasteiger partial charge in [-0.25, -0.2) is 0 Å². The number of halogens is 1. The van der Waals surface area contributed by atoms with Crippen LogP contribution in [0.4, 0.5) is 11.4 Å². The van der Waals surface area contributed by atoms with E-state index in [4.69, 9.17) is 17.3 Å². The Morgan fingerprint density at radius 2 is 1.95 bits per heavy atom. The summed E-state index contributed by atoms with van der Waals surface area (Å²) in [6.45, 7) is 0. The second kappa shape index (κ2) is 6.46. The van der Waals surface area contributed by atoms with Gasteiger partial charge in [-0.05, 0) is 43.9 Å². The number of hydrogen-bond acceptors (Lipinski definition) is 3. The van der Waals surface area contributed by atoms with Crippen LogP contribution in [-0.4, -0.2) is 26.0 Å². The first kappa shape index (κ1) is 15.1. The number of nitrogens with two attached hydrogens (primary N) is 1. The van der Waals surface area contributed by atoms with Gasteiger partial charge in [-0.2, -0.15) is 0 Å². The van der Waals surface area contributed by atoms with E-state index in [1.165, 1.54) is 0 Å². The lowest BCUT2D eigenvalue weighted by molar-refractivity contribution is -0.120. The van der Waals surface area contributed by atoms with Gasteiger partial charge in [0.2, 0.25) is 5.91 Å². The van der Waals surface area contributed by atoms with Crippen molar-refractivity contribution < 1.29 is 4.79 Å². The highest BCUT2D eigenvalue weighted by molar-refractivity contribution is 6.33. The van der Waals surface area contributed by atoms with Crippen molar-refractivity contribution in [2.75, 3.05) is 24.3 Å². The van der Waals surface area contributed by atoms with Crippen molar-refractivity contribution in [2.45, 2.75) is 31.7 Å². The summed E-state index contributed by atoms with van der Waals surface area (Å²) in [5, 5.41) is 3.59. The third-order valence-electron chi connectivity index (χ3n) is 3.84. The molecule has 1 saturated carbocycles. The maximum absolute atomic E-state index is 12.2. The molecular weight excluding hydrogens is 274 g/mol. The Labute approximate surface area is 125 Å². The van der Waals surface area contributed by atoms with Crippen LogP contribution in [0.2, 0.25) is 5.02 Å². The zero-order valence-corrected chi connectivity index (χ0v) is 12.8. The molecule has 0 heterocycles. The number of benzene rings is 1. The van der Waals surface area contributed by atoms with E-state index in [-0.39, 0.29) is 17.9 Å². The molecule has 0 saturated heterocycles. The fourth-order valence-electron chi connectivity index (χ4n) is 2.57. The van der Waals surface area contributed by atoms with Gasteiger partial charge in [0.1, 0.15) is 0 Å². The lowest BCUT2D eigenvalue weighted by Crippen LogP contribution is -2.32. The molecule has 20 heavy (non-hydrogen) atoms. The Kier molecular flexibility index (Phi) is 4.89. The molecule has 110 valence electrons. The second-order valence-corrected chi connectivity index (χ2v) is 6.07. The van der Waals surface area contributed by atoms with E-state index in [1.807, 2.05) is 31.1 Å². The zero-order valence-electron chi connectivity index (χ0n) is 12.0. The van der Waals surface area contributed by atoms with Gasteiger partial charge in [-0.15, -0.1) is 0 Å². The topological polar surface area (TPSA) is 58.4 Å². The first-order valence-corrected chi connectivity index (χ1v) is 7.38. The molecule has 3 N–H and O–H groups in total. The molecule has 0 unspecified atom stereocenters. The van der Waals surface area contributed by atoms with Gasteiger partial charge in [-0.1, -0.05) is 11.6 Å². The van der Waals surface area contributed by atoms with Crippen LogP contribution in [0.15, 0.2) is 18.2 Å². The van der Waals surface area contributed by atoms with Crippen LogP contribution in [0, 0.1) is 5.92 Å². The molecule has 0 radical (unpaired) electrons. The number of nitrogens with zero attached hydrogens (tertiary/aromatic N) is 1. The maximum Gasteiger partial charge on any atom is 0.227 e.